The molecule has 4 rings (SSSR count). The lowest BCUT2D eigenvalue weighted by atomic mass is 9.97. The van der Waals surface area contributed by atoms with Crippen molar-refractivity contribution < 1.29 is 18.8 Å². The van der Waals surface area contributed by atoms with Crippen molar-refractivity contribution in [3.05, 3.63) is 63.5 Å². The predicted molar refractivity (Wildman–Crippen MR) is 108 cm³/mol. The molecule has 0 aliphatic carbocycles. The van der Waals surface area contributed by atoms with Crippen LogP contribution in [-0.4, -0.2) is 40.8 Å². The topological polar surface area (TPSA) is 104 Å². The first-order valence-electron chi connectivity index (χ1n) is 9.56. The van der Waals surface area contributed by atoms with E-state index in [1.54, 1.807) is 26.4 Å². The second kappa shape index (κ2) is 8.11. The average Bonchev–Trinajstić information content (AvgIpc) is 3.27. The van der Waals surface area contributed by atoms with Crippen LogP contribution in [0.25, 0.3) is 11.5 Å². The van der Waals surface area contributed by atoms with Crippen molar-refractivity contribution in [3.63, 3.8) is 0 Å². The summed E-state index contributed by atoms with van der Waals surface area (Å²) in [6, 6.07) is 10.0. The molecule has 0 radical (unpaired) electrons. The SMILES string of the molecule is COc1cc2c(cc1OC)CN([C@H](C)c1nnc(-c3ccc([N+](=O)[O-])cc3)o1)CC2. The lowest BCUT2D eigenvalue weighted by Gasteiger charge is -2.32. The Morgan fingerprint density at radius 3 is 2.40 bits per heavy atom. The summed E-state index contributed by atoms with van der Waals surface area (Å²) in [5.74, 6) is 2.30. The molecule has 1 aromatic heterocycles. The summed E-state index contributed by atoms with van der Waals surface area (Å²) in [4.78, 5) is 12.6. The molecule has 0 saturated carbocycles. The molecule has 9 heteroatoms. The highest BCUT2D eigenvalue weighted by molar-refractivity contribution is 5.55. The average molecular weight is 410 g/mol. The van der Waals surface area contributed by atoms with Crippen LogP contribution in [0.2, 0.25) is 0 Å². The Kier molecular flexibility index (Phi) is 5.37. The standard InChI is InChI=1S/C21H22N4O5/c1-13(20-22-23-21(30-20)14-4-6-17(7-5-14)25(26)27)24-9-8-15-10-18(28-2)19(29-3)11-16(15)12-24/h4-7,10-11,13H,8-9,12H2,1-3H3/t13-/m1/s1. The molecule has 1 aliphatic rings. The van der Waals surface area contributed by atoms with Gasteiger partial charge in [0.05, 0.1) is 25.2 Å². The molecule has 0 fully saturated rings. The number of fused-ring (bicyclic) bond motifs is 1. The number of nitrogens with zero attached hydrogens (tertiary/aromatic N) is 4. The van der Waals surface area contributed by atoms with Gasteiger partial charge in [0.1, 0.15) is 0 Å². The third-order valence-electron chi connectivity index (χ3n) is 5.42. The molecule has 0 amide bonds. The van der Waals surface area contributed by atoms with Gasteiger partial charge in [-0.2, -0.15) is 0 Å². The van der Waals surface area contributed by atoms with Gasteiger partial charge in [-0.25, -0.2) is 0 Å². The zero-order chi connectivity index (χ0) is 21.3. The molecular formula is C21H22N4O5. The van der Waals surface area contributed by atoms with E-state index in [-0.39, 0.29) is 11.7 Å². The van der Waals surface area contributed by atoms with Crippen LogP contribution >= 0.6 is 0 Å². The van der Waals surface area contributed by atoms with Crippen molar-refractivity contribution in [1.29, 1.82) is 0 Å². The number of non-ortho nitro benzene ring substituents is 1. The summed E-state index contributed by atoms with van der Waals surface area (Å²) >= 11 is 0. The number of rotatable bonds is 6. The maximum Gasteiger partial charge on any atom is 0.269 e. The molecule has 1 atom stereocenters. The maximum absolute atomic E-state index is 10.8. The van der Waals surface area contributed by atoms with Gasteiger partial charge in [0.15, 0.2) is 11.5 Å². The van der Waals surface area contributed by atoms with Crippen LogP contribution in [0.3, 0.4) is 0 Å². The number of nitro groups is 1. The number of hydrogen-bond acceptors (Lipinski definition) is 8. The lowest BCUT2D eigenvalue weighted by molar-refractivity contribution is -0.384. The van der Waals surface area contributed by atoms with Gasteiger partial charge < -0.3 is 13.9 Å². The Labute approximate surface area is 173 Å². The highest BCUT2D eigenvalue weighted by Crippen LogP contribution is 2.35. The van der Waals surface area contributed by atoms with Crippen LogP contribution in [-0.2, 0) is 13.0 Å². The van der Waals surface area contributed by atoms with Gasteiger partial charge in [-0.1, -0.05) is 0 Å². The lowest BCUT2D eigenvalue weighted by Crippen LogP contribution is -2.33. The number of aromatic nitrogens is 2. The fraction of sp³-hybridized carbons (Fsp3) is 0.333. The van der Waals surface area contributed by atoms with Gasteiger partial charge in [-0.05, 0) is 48.7 Å². The molecule has 0 N–H and O–H groups in total. The summed E-state index contributed by atoms with van der Waals surface area (Å²) in [6.45, 7) is 3.60. The Hall–Kier alpha value is -3.46. The molecule has 1 aliphatic heterocycles. The van der Waals surface area contributed by atoms with Crippen LogP contribution < -0.4 is 9.47 Å². The first-order valence-corrected chi connectivity index (χ1v) is 9.56. The van der Waals surface area contributed by atoms with E-state index in [0.717, 1.165) is 25.3 Å². The molecule has 3 aromatic rings. The van der Waals surface area contributed by atoms with Gasteiger partial charge in [-0.15, -0.1) is 10.2 Å². The summed E-state index contributed by atoms with van der Waals surface area (Å²) in [7, 11) is 3.27. The van der Waals surface area contributed by atoms with Crippen molar-refractivity contribution in [1.82, 2.24) is 15.1 Å². The van der Waals surface area contributed by atoms with Crippen molar-refractivity contribution in [3.8, 4) is 23.0 Å². The summed E-state index contributed by atoms with van der Waals surface area (Å²) in [5, 5.41) is 19.1. The van der Waals surface area contributed by atoms with E-state index in [9.17, 15) is 10.1 Å². The molecule has 2 aromatic carbocycles. The summed E-state index contributed by atoms with van der Waals surface area (Å²) in [6.07, 6.45) is 0.878. The van der Waals surface area contributed by atoms with Crippen LogP contribution in [0.5, 0.6) is 11.5 Å². The van der Waals surface area contributed by atoms with E-state index in [4.69, 9.17) is 13.9 Å². The molecule has 0 saturated heterocycles. The van der Waals surface area contributed by atoms with Crippen LogP contribution in [0.1, 0.15) is 30.0 Å². The molecule has 0 spiro atoms. The maximum atomic E-state index is 10.8. The Bertz CT molecular complexity index is 1060. The number of methoxy groups -OCH3 is 2. The number of benzene rings is 2. The van der Waals surface area contributed by atoms with E-state index >= 15 is 0 Å². The molecular weight excluding hydrogens is 388 g/mol. The first kappa shape index (κ1) is 19.8. The fourth-order valence-electron chi connectivity index (χ4n) is 3.64. The van der Waals surface area contributed by atoms with Crippen molar-refractivity contribution in [2.45, 2.75) is 25.9 Å². The van der Waals surface area contributed by atoms with Gasteiger partial charge in [-0.3, -0.25) is 15.0 Å². The number of hydrogen-bond donors (Lipinski definition) is 0. The van der Waals surface area contributed by atoms with Gasteiger partial charge >= 0.3 is 0 Å². The molecule has 156 valence electrons. The minimum atomic E-state index is -0.441. The zero-order valence-corrected chi connectivity index (χ0v) is 17.0. The second-order valence-corrected chi connectivity index (χ2v) is 7.12. The fourth-order valence-corrected chi connectivity index (χ4v) is 3.64. The zero-order valence-electron chi connectivity index (χ0n) is 17.0. The molecule has 2 heterocycles. The molecule has 30 heavy (non-hydrogen) atoms. The molecule has 9 nitrogen and oxygen atoms in total. The third-order valence-corrected chi connectivity index (χ3v) is 5.42. The quantitative estimate of drug-likeness (QED) is 0.447. The molecule has 0 bridgehead atoms. The van der Waals surface area contributed by atoms with Crippen LogP contribution in [0.4, 0.5) is 5.69 Å². The normalized spacial score (nSPS) is 14.8. The second-order valence-electron chi connectivity index (χ2n) is 7.12. The number of nitro benzene ring substituents is 1. The smallest absolute Gasteiger partial charge is 0.269 e. The monoisotopic (exact) mass is 410 g/mol. The third kappa shape index (κ3) is 3.71. The highest BCUT2D eigenvalue weighted by Gasteiger charge is 2.27. The highest BCUT2D eigenvalue weighted by atomic mass is 16.6. The van der Waals surface area contributed by atoms with E-state index < -0.39 is 4.92 Å². The number of ether oxygens (including phenoxy) is 2. The van der Waals surface area contributed by atoms with Crippen molar-refractivity contribution in [2.75, 3.05) is 20.8 Å². The van der Waals surface area contributed by atoms with Crippen molar-refractivity contribution >= 4 is 5.69 Å². The van der Waals surface area contributed by atoms with Gasteiger partial charge in [0, 0.05) is 30.8 Å². The van der Waals surface area contributed by atoms with E-state index in [1.165, 1.54) is 23.3 Å². The summed E-state index contributed by atoms with van der Waals surface area (Å²) in [5.41, 5.74) is 3.09. The Morgan fingerprint density at radius 1 is 1.10 bits per heavy atom. The Morgan fingerprint density at radius 2 is 1.77 bits per heavy atom. The van der Waals surface area contributed by atoms with Gasteiger partial charge in [0.2, 0.25) is 11.8 Å². The van der Waals surface area contributed by atoms with Crippen molar-refractivity contribution in [2.24, 2.45) is 0 Å². The minimum Gasteiger partial charge on any atom is -0.493 e. The van der Waals surface area contributed by atoms with Gasteiger partial charge in [0.25, 0.3) is 5.69 Å². The molecule has 0 unspecified atom stereocenters. The van der Waals surface area contributed by atoms with E-state index in [1.807, 2.05) is 19.1 Å². The van der Waals surface area contributed by atoms with Crippen LogP contribution in [0, 0.1) is 10.1 Å². The van der Waals surface area contributed by atoms with E-state index in [2.05, 4.69) is 15.1 Å². The Balaban J connectivity index is 1.52. The summed E-state index contributed by atoms with van der Waals surface area (Å²) < 4.78 is 16.7. The largest absolute Gasteiger partial charge is 0.493 e. The first-order chi connectivity index (χ1) is 14.5. The minimum absolute atomic E-state index is 0.0193. The van der Waals surface area contributed by atoms with E-state index in [0.29, 0.717) is 23.1 Å². The predicted octanol–water partition coefficient (Wildman–Crippen LogP) is 3.78. The van der Waals surface area contributed by atoms with Crippen LogP contribution in [0.15, 0.2) is 40.8 Å².